The van der Waals surface area contributed by atoms with Gasteiger partial charge >= 0.3 is 0 Å². The summed E-state index contributed by atoms with van der Waals surface area (Å²) in [5.74, 6) is -0.307. The molecule has 10 heteroatoms. The average Bonchev–Trinajstić information content (AvgIpc) is 3.17. The first kappa shape index (κ1) is 29.6. The third kappa shape index (κ3) is 9.84. The van der Waals surface area contributed by atoms with Gasteiger partial charge in [0.1, 0.15) is 5.82 Å². The molecule has 0 saturated carbocycles. The van der Waals surface area contributed by atoms with E-state index >= 15 is 0 Å². The van der Waals surface area contributed by atoms with Crippen molar-refractivity contribution in [2.45, 2.75) is 52.2 Å². The summed E-state index contributed by atoms with van der Waals surface area (Å²) >= 11 is 1.48. The second-order valence-corrected chi connectivity index (χ2v) is 8.52. The second-order valence-electron chi connectivity index (χ2n) is 7.68. The van der Waals surface area contributed by atoms with E-state index in [-0.39, 0.29) is 41.2 Å². The molecule has 186 valence electrons. The van der Waals surface area contributed by atoms with Gasteiger partial charge < -0.3 is 14.8 Å². The first-order valence-electron chi connectivity index (χ1n) is 10.8. The quantitative estimate of drug-likeness (QED) is 0.191. The molecule has 2 N–H and O–H groups in total. The van der Waals surface area contributed by atoms with Gasteiger partial charge in [0.2, 0.25) is 0 Å². The van der Waals surface area contributed by atoms with E-state index in [9.17, 15) is 14.5 Å². The SMILES string of the molecule is Br.CC(C)O.O=[N+]([O-])c1ccc(-c2csc(=Nc3ccc(F)cc3)n2CCCCCCO)cc1. The summed E-state index contributed by atoms with van der Waals surface area (Å²) in [6.07, 6.45) is 3.49. The van der Waals surface area contributed by atoms with Crippen LogP contribution in [0.2, 0.25) is 0 Å². The third-order valence-electron chi connectivity index (χ3n) is 4.51. The highest BCUT2D eigenvalue weighted by molar-refractivity contribution is 8.93. The van der Waals surface area contributed by atoms with Crippen LogP contribution in [0.15, 0.2) is 58.9 Å². The van der Waals surface area contributed by atoms with Gasteiger partial charge in [0.05, 0.1) is 16.3 Å². The van der Waals surface area contributed by atoms with Crippen LogP contribution in [0.3, 0.4) is 0 Å². The number of nitro groups is 1. The molecule has 1 aromatic heterocycles. The largest absolute Gasteiger partial charge is 0.396 e. The fourth-order valence-corrected chi connectivity index (χ4v) is 3.94. The van der Waals surface area contributed by atoms with Crippen LogP contribution in [0.1, 0.15) is 39.5 Å². The van der Waals surface area contributed by atoms with Crippen molar-refractivity contribution in [1.82, 2.24) is 4.57 Å². The van der Waals surface area contributed by atoms with Crippen molar-refractivity contribution < 1.29 is 19.5 Å². The molecule has 0 radical (unpaired) electrons. The molecule has 3 rings (SSSR count). The molecule has 0 atom stereocenters. The Morgan fingerprint density at radius 3 is 2.21 bits per heavy atom. The Balaban J connectivity index is 0.00000107. The van der Waals surface area contributed by atoms with Gasteiger partial charge in [-0.2, -0.15) is 0 Å². The Kier molecular flexibility index (Phi) is 13.5. The number of aliphatic hydroxyl groups is 2. The summed E-state index contributed by atoms with van der Waals surface area (Å²) in [6.45, 7) is 4.38. The zero-order valence-electron chi connectivity index (χ0n) is 19.3. The van der Waals surface area contributed by atoms with Gasteiger partial charge in [-0.3, -0.25) is 10.1 Å². The lowest BCUT2D eigenvalue weighted by Gasteiger charge is -2.09. The van der Waals surface area contributed by atoms with Crippen LogP contribution in [0.25, 0.3) is 11.3 Å². The number of rotatable bonds is 9. The number of benzene rings is 2. The van der Waals surface area contributed by atoms with E-state index in [1.807, 2.05) is 5.38 Å². The molecule has 0 spiro atoms. The molecule has 0 saturated heterocycles. The maximum atomic E-state index is 13.2. The van der Waals surface area contributed by atoms with Crippen molar-refractivity contribution in [2.75, 3.05) is 6.61 Å². The second kappa shape index (κ2) is 15.5. The van der Waals surface area contributed by atoms with Crippen molar-refractivity contribution in [3.63, 3.8) is 0 Å². The number of halogens is 2. The highest BCUT2D eigenvalue weighted by Crippen LogP contribution is 2.24. The number of unbranched alkanes of at least 4 members (excludes halogenated alkanes) is 3. The minimum atomic E-state index is -0.415. The Hall–Kier alpha value is -2.40. The molecule has 2 aromatic carbocycles. The van der Waals surface area contributed by atoms with Crippen molar-refractivity contribution >= 4 is 39.7 Å². The topological polar surface area (TPSA) is 101 Å². The van der Waals surface area contributed by atoms with Crippen LogP contribution in [0, 0.1) is 15.9 Å². The summed E-state index contributed by atoms with van der Waals surface area (Å²) in [5, 5.41) is 29.9. The number of nitro benzene ring substituents is 1. The van der Waals surface area contributed by atoms with E-state index in [1.54, 1.807) is 38.1 Å². The molecule has 0 aliphatic carbocycles. The normalized spacial score (nSPS) is 11.1. The molecular weight excluding hydrogens is 525 g/mol. The van der Waals surface area contributed by atoms with Gasteiger partial charge in [-0.25, -0.2) is 9.38 Å². The van der Waals surface area contributed by atoms with Gasteiger partial charge in [-0.05, 0) is 68.7 Å². The summed E-state index contributed by atoms with van der Waals surface area (Å²) in [4.78, 5) is 15.9. The maximum absolute atomic E-state index is 13.2. The molecular formula is C24H31BrFN3O4S. The molecule has 0 aliphatic heterocycles. The summed E-state index contributed by atoms with van der Waals surface area (Å²) < 4.78 is 15.3. The Morgan fingerprint density at radius 1 is 1.06 bits per heavy atom. The molecule has 3 aromatic rings. The number of thiazole rings is 1. The first-order chi connectivity index (χ1) is 15.8. The smallest absolute Gasteiger partial charge is 0.269 e. The van der Waals surface area contributed by atoms with Gasteiger partial charge in [-0.1, -0.05) is 12.8 Å². The van der Waals surface area contributed by atoms with E-state index in [0.717, 1.165) is 48.3 Å². The lowest BCUT2D eigenvalue weighted by molar-refractivity contribution is -0.384. The third-order valence-corrected chi connectivity index (χ3v) is 5.38. The fourth-order valence-electron chi connectivity index (χ4n) is 2.98. The number of nitrogens with zero attached hydrogens (tertiary/aromatic N) is 3. The van der Waals surface area contributed by atoms with Gasteiger partial charge in [0.25, 0.3) is 5.69 Å². The first-order valence-corrected chi connectivity index (χ1v) is 11.7. The number of hydrogen-bond donors (Lipinski definition) is 2. The van der Waals surface area contributed by atoms with E-state index < -0.39 is 4.92 Å². The molecule has 7 nitrogen and oxygen atoms in total. The summed E-state index contributed by atoms with van der Waals surface area (Å²) in [7, 11) is 0. The molecule has 1 heterocycles. The van der Waals surface area contributed by atoms with Crippen molar-refractivity contribution in [1.29, 1.82) is 0 Å². The number of aromatic nitrogens is 1. The Labute approximate surface area is 213 Å². The average molecular weight is 556 g/mol. The van der Waals surface area contributed by atoms with Crippen molar-refractivity contribution in [2.24, 2.45) is 4.99 Å². The Bertz CT molecular complexity index is 1060. The Morgan fingerprint density at radius 2 is 1.65 bits per heavy atom. The molecule has 0 bridgehead atoms. The molecule has 34 heavy (non-hydrogen) atoms. The van der Waals surface area contributed by atoms with E-state index in [2.05, 4.69) is 9.56 Å². The van der Waals surface area contributed by atoms with Crippen molar-refractivity contribution in [3.8, 4) is 11.3 Å². The highest BCUT2D eigenvalue weighted by Gasteiger charge is 2.11. The number of non-ortho nitro benzene ring substituents is 1. The van der Waals surface area contributed by atoms with Crippen LogP contribution in [-0.2, 0) is 6.54 Å². The zero-order chi connectivity index (χ0) is 24.2. The molecule has 0 amide bonds. The van der Waals surface area contributed by atoms with Crippen LogP contribution >= 0.6 is 28.3 Å². The minimum absolute atomic E-state index is 0. The standard InChI is InChI=1S/C21H22FN3O3S.C3H8O.BrH/c22-17-7-9-18(10-8-17)23-21-24(13-3-1-2-4-14-26)20(15-29-21)16-5-11-19(12-6-16)25(27)28;1-3(2)4;/h5-12,15,26H,1-4,13-14H2;3-4H,1-2H3;1H. The van der Waals surface area contributed by atoms with Crippen LogP contribution in [-0.4, -0.2) is 32.4 Å². The predicted molar refractivity (Wildman–Crippen MR) is 139 cm³/mol. The summed E-state index contributed by atoms with van der Waals surface area (Å²) in [6, 6.07) is 12.5. The fraction of sp³-hybridized carbons (Fsp3) is 0.375. The lowest BCUT2D eigenvalue weighted by Crippen LogP contribution is -2.16. The highest BCUT2D eigenvalue weighted by atomic mass is 79.9. The molecule has 0 fully saturated rings. The monoisotopic (exact) mass is 555 g/mol. The van der Waals surface area contributed by atoms with E-state index in [4.69, 9.17) is 10.2 Å². The number of aliphatic hydroxyl groups excluding tert-OH is 2. The van der Waals surface area contributed by atoms with Gasteiger partial charge in [-0.15, -0.1) is 28.3 Å². The van der Waals surface area contributed by atoms with E-state index in [1.165, 1.54) is 35.6 Å². The van der Waals surface area contributed by atoms with E-state index in [0.29, 0.717) is 5.69 Å². The van der Waals surface area contributed by atoms with Crippen LogP contribution < -0.4 is 4.80 Å². The predicted octanol–water partition coefficient (Wildman–Crippen LogP) is 6.01. The molecule has 0 aliphatic rings. The lowest BCUT2D eigenvalue weighted by atomic mass is 10.1. The number of hydrogen-bond acceptors (Lipinski definition) is 6. The molecule has 0 unspecified atom stereocenters. The van der Waals surface area contributed by atoms with Gasteiger partial charge in [0, 0.05) is 36.8 Å². The minimum Gasteiger partial charge on any atom is -0.396 e. The van der Waals surface area contributed by atoms with Gasteiger partial charge in [0.15, 0.2) is 4.80 Å². The van der Waals surface area contributed by atoms with Crippen molar-refractivity contribution in [3.05, 3.63) is 74.6 Å². The summed E-state index contributed by atoms with van der Waals surface area (Å²) in [5.41, 5.74) is 2.53. The zero-order valence-corrected chi connectivity index (χ0v) is 21.8. The van der Waals surface area contributed by atoms with Crippen LogP contribution in [0.5, 0.6) is 0 Å². The maximum Gasteiger partial charge on any atom is 0.269 e. The van der Waals surface area contributed by atoms with Crippen LogP contribution in [0.4, 0.5) is 15.8 Å².